The van der Waals surface area contributed by atoms with Gasteiger partial charge in [0.05, 0.1) is 0 Å². The smallest absolute Gasteiger partial charge is 0.254 e. The van der Waals surface area contributed by atoms with Gasteiger partial charge in [-0.05, 0) is 18.2 Å². The van der Waals surface area contributed by atoms with Gasteiger partial charge in [-0.1, -0.05) is 23.2 Å². The number of nitrogens with two attached hydrogens (primary N) is 1. The van der Waals surface area contributed by atoms with E-state index in [-0.39, 0.29) is 11.5 Å². The molecule has 88 valence electrons. The molecule has 17 heavy (non-hydrogen) atoms. The van der Waals surface area contributed by atoms with E-state index in [1.54, 1.807) is 18.2 Å². The van der Waals surface area contributed by atoms with Crippen LogP contribution in [-0.2, 0) is 0 Å². The lowest BCUT2D eigenvalue weighted by Gasteiger charge is -2.06. The van der Waals surface area contributed by atoms with Crippen LogP contribution in [0.4, 0.5) is 17.5 Å². The number of hydrogen-bond donors (Lipinski definition) is 3. The lowest BCUT2D eigenvalue weighted by atomic mass is 10.3. The summed E-state index contributed by atoms with van der Waals surface area (Å²) >= 11 is 11.7. The molecule has 2 aromatic rings. The summed E-state index contributed by atoms with van der Waals surface area (Å²) in [4.78, 5) is 17.4. The van der Waals surface area contributed by atoms with Crippen LogP contribution in [0.1, 0.15) is 0 Å². The summed E-state index contributed by atoms with van der Waals surface area (Å²) in [5, 5.41) is 3.86. The van der Waals surface area contributed by atoms with E-state index in [0.29, 0.717) is 21.6 Å². The van der Waals surface area contributed by atoms with Gasteiger partial charge in [0.15, 0.2) is 0 Å². The van der Waals surface area contributed by atoms with Crippen molar-refractivity contribution in [3.63, 3.8) is 0 Å². The van der Waals surface area contributed by atoms with Crippen LogP contribution in [0.15, 0.2) is 29.1 Å². The fourth-order valence-electron chi connectivity index (χ4n) is 1.31. The molecular weight excluding hydrogens is 263 g/mol. The summed E-state index contributed by atoms with van der Waals surface area (Å²) in [6.07, 6.45) is 0. The monoisotopic (exact) mass is 270 g/mol. The van der Waals surface area contributed by atoms with Gasteiger partial charge in [-0.15, -0.1) is 0 Å². The molecule has 0 aliphatic rings. The zero-order valence-corrected chi connectivity index (χ0v) is 10.0. The summed E-state index contributed by atoms with van der Waals surface area (Å²) < 4.78 is 0. The molecule has 0 saturated heterocycles. The average molecular weight is 271 g/mol. The third-order valence-corrected chi connectivity index (χ3v) is 2.33. The Morgan fingerprint density at radius 3 is 2.41 bits per heavy atom. The summed E-state index contributed by atoms with van der Waals surface area (Å²) in [5.41, 5.74) is 5.70. The Morgan fingerprint density at radius 1 is 1.18 bits per heavy atom. The minimum absolute atomic E-state index is 0.0353. The van der Waals surface area contributed by atoms with Crippen molar-refractivity contribution in [2.75, 3.05) is 11.1 Å². The first-order chi connectivity index (χ1) is 8.02. The topological polar surface area (TPSA) is 83.8 Å². The highest BCUT2D eigenvalue weighted by Crippen LogP contribution is 2.24. The third-order valence-electron chi connectivity index (χ3n) is 1.89. The number of nitrogen functional groups attached to an aromatic ring is 1. The van der Waals surface area contributed by atoms with Crippen molar-refractivity contribution in [3.05, 3.63) is 44.7 Å². The lowest BCUT2D eigenvalue weighted by Crippen LogP contribution is -2.11. The molecule has 5 nitrogen and oxygen atoms in total. The molecule has 0 saturated carbocycles. The quantitative estimate of drug-likeness (QED) is 0.783. The van der Waals surface area contributed by atoms with Gasteiger partial charge in [-0.25, -0.2) is 0 Å². The molecule has 0 radical (unpaired) electrons. The molecule has 4 N–H and O–H groups in total. The molecule has 0 atom stereocenters. The first-order valence-electron chi connectivity index (χ1n) is 4.63. The van der Waals surface area contributed by atoms with Crippen LogP contribution >= 0.6 is 23.2 Å². The predicted octanol–water partition coefficient (Wildman–Crippen LogP) is 2.40. The lowest BCUT2D eigenvalue weighted by molar-refractivity contribution is 1.14. The normalized spacial score (nSPS) is 10.2. The maximum absolute atomic E-state index is 11.2. The number of rotatable bonds is 2. The van der Waals surface area contributed by atoms with Crippen LogP contribution in [0.3, 0.4) is 0 Å². The fourth-order valence-corrected chi connectivity index (χ4v) is 1.84. The van der Waals surface area contributed by atoms with E-state index in [1.807, 2.05) is 0 Å². The number of halogens is 2. The minimum Gasteiger partial charge on any atom is -0.369 e. The average Bonchev–Trinajstić information content (AvgIpc) is 2.13. The van der Waals surface area contributed by atoms with Gasteiger partial charge in [0.2, 0.25) is 5.95 Å². The van der Waals surface area contributed by atoms with E-state index in [0.717, 1.165) is 0 Å². The molecule has 0 aliphatic heterocycles. The Kier molecular flexibility index (Phi) is 3.21. The highest BCUT2D eigenvalue weighted by Gasteiger charge is 2.01. The Balaban J connectivity index is 2.34. The molecule has 7 heteroatoms. The molecular formula is C10H8Cl2N4O. The molecule has 0 amide bonds. The van der Waals surface area contributed by atoms with Gasteiger partial charge < -0.3 is 11.1 Å². The number of nitrogens with zero attached hydrogens (tertiary/aromatic N) is 1. The molecule has 0 aliphatic carbocycles. The van der Waals surface area contributed by atoms with Crippen molar-refractivity contribution in [3.8, 4) is 0 Å². The van der Waals surface area contributed by atoms with E-state index < -0.39 is 0 Å². The molecule has 0 fully saturated rings. The maximum atomic E-state index is 11.2. The van der Waals surface area contributed by atoms with Crippen LogP contribution in [0.25, 0.3) is 0 Å². The van der Waals surface area contributed by atoms with Crippen molar-refractivity contribution in [1.29, 1.82) is 0 Å². The van der Waals surface area contributed by atoms with Crippen molar-refractivity contribution in [2.24, 2.45) is 0 Å². The number of anilines is 3. The Bertz CT molecular complexity index is 591. The predicted molar refractivity (Wildman–Crippen MR) is 69.0 cm³/mol. The number of hydrogen-bond acceptors (Lipinski definition) is 4. The summed E-state index contributed by atoms with van der Waals surface area (Å²) in [5.74, 6) is 0.359. The van der Waals surface area contributed by atoms with Gasteiger partial charge in [-0.2, -0.15) is 4.98 Å². The minimum atomic E-state index is -0.340. The highest BCUT2D eigenvalue weighted by atomic mass is 35.5. The molecule has 1 aromatic carbocycles. The first-order valence-corrected chi connectivity index (χ1v) is 5.38. The Morgan fingerprint density at radius 2 is 1.82 bits per heavy atom. The van der Waals surface area contributed by atoms with E-state index in [2.05, 4.69) is 15.3 Å². The van der Waals surface area contributed by atoms with Crippen LogP contribution in [0.5, 0.6) is 0 Å². The molecule has 1 heterocycles. The number of nitrogens with one attached hydrogen (secondary N) is 2. The second-order valence-electron chi connectivity index (χ2n) is 3.30. The van der Waals surface area contributed by atoms with E-state index in [1.165, 1.54) is 6.07 Å². The Labute approximate surface area is 107 Å². The molecule has 2 rings (SSSR count). The van der Waals surface area contributed by atoms with Gasteiger partial charge in [0.25, 0.3) is 5.56 Å². The van der Waals surface area contributed by atoms with Crippen LogP contribution < -0.4 is 16.6 Å². The van der Waals surface area contributed by atoms with Crippen molar-refractivity contribution < 1.29 is 0 Å². The number of aromatic nitrogens is 2. The molecule has 0 spiro atoms. The van der Waals surface area contributed by atoms with E-state index in [9.17, 15) is 4.79 Å². The largest absolute Gasteiger partial charge is 0.369 e. The number of benzene rings is 1. The van der Waals surface area contributed by atoms with Gasteiger partial charge >= 0.3 is 0 Å². The number of aromatic amines is 1. The SMILES string of the molecule is Nc1nc(Nc2cc(Cl)cc(Cl)c2)cc(=O)[nH]1. The third kappa shape index (κ3) is 3.12. The van der Waals surface area contributed by atoms with Crippen molar-refractivity contribution >= 4 is 40.7 Å². The molecule has 0 unspecified atom stereocenters. The summed E-state index contributed by atoms with van der Waals surface area (Å²) in [6.45, 7) is 0. The van der Waals surface area contributed by atoms with Crippen LogP contribution in [0.2, 0.25) is 10.0 Å². The van der Waals surface area contributed by atoms with Gasteiger partial charge in [-0.3, -0.25) is 9.78 Å². The maximum Gasteiger partial charge on any atom is 0.254 e. The first kappa shape index (κ1) is 11.8. The van der Waals surface area contributed by atoms with Gasteiger partial charge in [0.1, 0.15) is 5.82 Å². The molecule has 1 aromatic heterocycles. The number of H-pyrrole nitrogens is 1. The molecule has 0 bridgehead atoms. The standard InChI is InChI=1S/C10H8Cl2N4O/c11-5-1-6(12)3-7(2-5)14-8-4-9(17)16-10(13)15-8/h1-4H,(H4,13,14,15,16,17). The summed E-state index contributed by atoms with van der Waals surface area (Å²) in [7, 11) is 0. The second kappa shape index (κ2) is 4.65. The zero-order valence-electron chi connectivity index (χ0n) is 8.50. The Hall–Kier alpha value is -1.72. The van der Waals surface area contributed by atoms with E-state index >= 15 is 0 Å². The summed E-state index contributed by atoms with van der Waals surface area (Å²) in [6, 6.07) is 6.21. The fraction of sp³-hybridized carbons (Fsp3) is 0. The second-order valence-corrected chi connectivity index (χ2v) is 4.17. The highest BCUT2D eigenvalue weighted by molar-refractivity contribution is 6.35. The zero-order chi connectivity index (χ0) is 12.4. The van der Waals surface area contributed by atoms with Crippen molar-refractivity contribution in [1.82, 2.24) is 9.97 Å². The van der Waals surface area contributed by atoms with Crippen LogP contribution in [-0.4, -0.2) is 9.97 Å². The van der Waals surface area contributed by atoms with E-state index in [4.69, 9.17) is 28.9 Å². The van der Waals surface area contributed by atoms with Gasteiger partial charge in [0, 0.05) is 21.8 Å². The van der Waals surface area contributed by atoms with Crippen molar-refractivity contribution in [2.45, 2.75) is 0 Å². The van der Waals surface area contributed by atoms with Crippen LogP contribution in [0, 0.1) is 0 Å².